The van der Waals surface area contributed by atoms with E-state index in [1.165, 1.54) is 12.1 Å². The molecule has 2 atom stereocenters. The fraction of sp³-hybridized carbons (Fsp3) is 0.500. The van der Waals surface area contributed by atoms with Crippen molar-refractivity contribution >= 4 is 5.69 Å². The molecule has 2 unspecified atom stereocenters. The van der Waals surface area contributed by atoms with E-state index in [0.717, 1.165) is 18.8 Å². The van der Waals surface area contributed by atoms with Gasteiger partial charge in [-0.15, -0.1) is 0 Å². The first-order valence-electron chi connectivity index (χ1n) is 5.41. The Bertz CT molecular complexity index is 352. The number of fused-ring (bicyclic) bond motifs is 1. The molecular weight excluding hydrogens is 193 g/mol. The summed E-state index contributed by atoms with van der Waals surface area (Å²) in [5.74, 6) is 1.68. The highest BCUT2D eigenvalue weighted by Crippen LogP contribution is 2.52. The molecule has 1 aromatic rings. The number of aliphatic hydroxyl groups excluding tert-OH is 1. The monoisotopic (exact) mass is 207 g/mol. The summed E-state index contributed by atoms with van der Waals surface area (Å²) in [6, 6.07) is 6.66. The van der Waals surface area contributed by atoms with E-state index in [1.54, 1.807) is 0 Å². The van der Waals surface area contributed by atoms with Gasteiger partial charge in [-0.25, -0.2) is 4.39 Å². The molecular formula is C12H14FNO. The van der Waals surface area contributed by atoms with Crippen molar-refractivity contribution in [2.45, 2.75) is 0 Å². The number of piperidine rings is 1. The molecule has 2 aliphatic rings. The average Bonchev–Trinajstić information content (AvgIpc) is 2.72. The fourth-order valence-electron chi connectivity index (χ4n) is 2.78. The van der Waals surface area contributed by atoms with Crippen LogP contribution in [0.3, 0.4) is 0 Å². The molecule has 1 aliphatic carbocycles. The summed E-state index contributed by atoms with van der Waals surface area (Å²) in [5.41, 5.74) is 1.10. The SMILES string of the molecule is OCC1C2CN(c3ccc(F)cc3)CC12. The highest BCUT2D eigenvalue weighted by atomic mass is 19.1. The Hall–Kier alpha value is -1.09. The molecule has 0 amide bonds. The van der Waals surface area contributed by atoms with E-state index >= 15 is 0 Å². The predicted octanol–water partition coefficient (Wildman–Crippen LogP) is 1.50. The Morgan fingerprint density at radius 1 is 1.20 bits per heavy atom. The summed E-state index contributed by atoms with van der Waals surface area (Å²) in [5, 5.41) is 9.04. The maximum absolute atomic E-state index is 12.7. The molecule has 0 bridgehead atoms. The van der Waals surface area contributed by atoms with Crippen LogP contribution in [0.15, 0.2) is 24.3 Å². The second kappa shape index (κ2) is 3.20. The summed E-state index contributed by atoms with van der Waals surface area (Å²) in [4.78, 5) is 2.28. The van der Waals surface area contributed by atoms with Crippen molar-refractivity contribution in [3.05, 3.63) is 30.1 Å². The first-order valence-corrected chi connectivity index (χ1v) is 5.41. The Morgan fingerprint density at radius 2 is 1.80 bits per heavy atom. The number of hydrogen-bond donors (Lipinski definition) is 1. The fourth-order valence-corrected chi connectivity index (χ4v) is 2.78. The molecule has 0 spiro atoms. The third kappa shape index (κ3) is 1.42. The van der Waals surface area contributed by atoms with Crippen LogP contribution < -0.4 is 4.90 Å². The molecule has 3 rings (SSSR count). The molecule has 1 N–H and O–H groups in total. The van der Waals surface area contributed by atoms with Gasteiger partial charge in [-0.05, 0) is 42.0 Å². The van der Waals surface area contributed by atoms with Crippen molar-refractivity contribution in [1.29, 1.82) is 0 Å². The minimum Gasteiger partial charge on any atom is -0.396 e. The summed E-state index contributed by atoms with van der Waals surface area (Å²) < 4.78 is 12.7. The number of nitrogens with zero attached hydrogens (tertiary/aromatic N) is 1. The number of aliphatic hydroxyl groups is 1. The van der Waals surface area contributed by atoms with Crippen LogP contribution in [0.25, 0.3) is 0 Å². The molecule has 15 heavy (non-hydrogen) atoms. The Morgan fingerprint density at radius 3 is 2.33 bits per heavy atom. The molecule has 2 fully saturated rings. The molecule has 0 radical (unpaired) electrons. The van der Waals surface area contributed by atoms with Gasteiger partial charge >= 0.3 is 0 Å². The molecule has 1 heterocycles. The lowest BCUT2D eigenvalue weighted by Gasteiger charge is -2.21. The largest absolute Gasteiger partial charge is 0.396 e. The van der Waals surface area contributed by atoms with Crippen molar-refractivity contribution in [3.8, 4) is 0 Å². The van der Waals surface area contributed by atoms with Crippen LogP contribution in [0.1, 0.15) is 0 Å². The van der Waals surface area contributed by atoms with Crippen molar-refractivity contribution in [3.63, 3.8) is 0 Å². The molecule has 2 nitrogen and oxygen atoms in total. The highest BCUT2D eigenvalue weighted by Gasteiger charge is 2.55. The summed E-state index contributed by atoms with van der Waals surface area (Å²) >= 11 is 0. The smallest absolute Gasteiger partial charge is 0.123 e. The molecule has 0 aromatic heterocycles. The van der Waals surface area contributed by atoms with Crippen LogP contribution in [0, 0.1) is 23.6 Å². The number of halogens is 1. The summed E-state index contributed by atoms with van der Waals surface area (Å²) in [7, 11) is 0. The maximum atomic E-state index is 12.7. The number of anilines is 1. The molecule has 3 heteroatoms. The number of benzene rings is 1. The number of rotatable bonds is 2. The molecule has 1 saturated heterocycles. The molecule has 1 saturated carbocycles. The van der Waals surface area contributed by atoms with Crippen LogP contribution >= 0.6 is 0 Å². The molecule has 1 aliphatic heterocycles. The minimum atomic E-state index is -0.184. The van der Waals surface area contributed by atoms with Gasteiger partial charge in [0, 0.05) is 25.4 Å². The summed E-state index contributed by atoms with van der Waals surface area (Å²) in [6.07, 6.45) is 0. The quantitative estimate of drug-likeness (QED) is 0.794. The van der Waals surface area contributed by atoms with E-state index in [1.807, 2.05) is 12.1 Å². The van der Waals surface area contributed by atoms with Crippen molar-refractivity contribution < 1.29 is 9.50 Å². The van der Waals surface area contributed by atoms with Crippen molar-refractivity contribution in [1.82, 2.24) is 0 Å². The average molecular weight is 207 g/mol. The lowest BCUT2D eigenvalue weighted by Crippen LogP contribution is -2.24. The topological polar surface area (TPSA) is 23.5 Å². The first kappa shape index (κ1) is 9.16. The van der Waals surface area contributed by atoms with Crippen LogP contribution in [-0.2, 0) is 0 Å². The maximum Gasteiger partial charge on any atom is 0.123 e. The van der Waals surface area contributed by atoms with E-state index in [2.05, 4.69) is 4.90 Å². The Balaban J connectivity index is 1.69. The van der Waals surface area contributed by atoms with E-state index in [9.17, 15) is 4.39 Å². The van der Waals surface area contributed by atoms with E-state index < -0.39 is 0 Å². The van der Waals surface area contributed by atoms with Crippen LogP contribution in [0.4, 0.5) is 10.1 Å². The van der Waals surface area contributed by atoms with E-state index in [0.29, 0.717) is 24.4 Å². The van der Waals surface area contributed by atoms with Crippen LogP contribution in [0.5, 0.6) is 0 Å². The van der Waals surface area contributed by atoms with Gasteiger partial charge in [0.1, 0.15) is 5.82 Å². The van der Waals surface area contributed by atoms with Crippen LogP contribution in [-0.4, -0.2) is 24.8 Å². The van der Waals surface area contributed by atoms with Crippen molar-refractivity contribution in [2.24, 2.45) is 17.8 Å². The lowest BCUT2D eigenvalue weighted by molar-refractivity contribution is 0.260. The minimum absolute atomic E-state index is 0.184. The van der Waals surface area contributed by atoms with Gasteiger partial charge < -0.3 is 10.0 Å². The van der Waals surface area contributed by atoms with Gasteiger partial charge in [-0.1, -0.05) is 0 Å². The lowest BCUT2D eigenvalue weighted by atomic mass is 10.2. The van der Waals surface area contributed by atoms with Crippen molar-refractivity contribution in [2.75, 3.05) is 24.6 Å². The normalized spacial score (nSPS) is 32.9. The Labute approximate surface area is 88.3 Å². The Kier molecular flexibility index (Phi) is 1.96. The van der Waals surface area contributed by atoms with Gasteiger partial charge in [0.15, 0.2) is 0 Å². The third-order valence-corrected chi connectivity index (χ3v) is 3.77. The highest BCUT2D eigenvalue weighted by molar-refractivity contribution is 5.48. The number of hydrogen-bond acceptors (Lipinski definition) is 2. The van der Waals surface area contributed by atoms with Crippen LogP contribution in [0.2, 0.25) is 0 Å². The van der Waals surface area contributed by atoms with Gasteiger partial charge in [0.25, 0.3) is 0 Å². The third-order valence-electron chi connectivity index (χ3n) is 3.77. The summed E-state index contributed by atoms with van der Waals surface area (Å²) in [6.45, 7) is 2.36. The van der Waals surface area contributed by atoms with Gasteiger partial charge in [-0.2, -0.15) is 0 Å². The standard InChI is InChI=1S/C12H14FNO/c13-8-1-3-9(4-2-8)14-5-10-11(6-14)12(10)7-15/h1-4,10-12,15H,5-7H2. The van der Waals surface area contributed by atoms with Gasteiger partial charge in [-0.3, -0.25) is 0 Å². The van der Waals surface area contributed by atoms with E-state index in [-0.39, 0.29) is 5.82 Å². The molecule has 80 valence electrons. The predicted molar refractivity (Wildman–Crippen MR) is 56.2 cm³/mol. The zero-order valence-electron chi connectivity index (χ0n) is 8.44. The zero-order valence-corrected chi connectivity index (χ0v) is 8.44. The van der Waals surface area contributed by atoms with Gasteiger partial charge in [0.05, 0.1) is 0 Å². The second-order valence-corrected chi connectivity index (χ2v) is 4.56. The molecule has 1 aromatic carbocycles. The van der Waals surface area contributed by atoms with Gasteiger partial charge in [0.2, 0.25) is 0 Å². The van der Waals surface area contributed by atoms with E-state index in [4.69, 9.17) is 5.11 Å². The zero-order chi connectivity index (χ0) is 10.4. The second-order valence-electron chi connectivity index (χ2n) is 4.56. The first-order chi connectivity index (χ1) is 7.29.